The molecule has 0 aliphatic carbocycles. The quantitative estimate of drug-likeness (QED) is 0.882. The van der Waals surface area contributed by atoms with Crippen molar-refractivity contribution in [3.63, 3.8) is 0 Å². The Hall–Kier alpha value is -2.60. The molecular weight excluding hydrogens is 356 g/mol. The van der Waals surface area contributed by atoms with Gasteiger partial charge in [0.25, 0.3) is 11.8 Å². The number of hydrogen-bond acceptors (Lipinski definition) is 4. The first kappa shape index (κ1) is 18.7. The van der Waals surface area contributed by atoms with Crippen LogP contribution in [0.25, 0.3) is 0 Å². The van der Waals surface area contributed by atoms with E-state index in [-0.39, 0.29) is 17.4 Å². The van der Waals surface area contributed by atoms with Gasteiger partial charge in [0, 0.05) is 31.8 Å². The van der Waals surface area contributed by atoms with E-state index in [1.807, 2.05) is 35.2 Å². The van der Waals surface area contributed by atoms with E-state index >= 15 is 0 Å². The second kappa shape index (κ2) is 8.19. The van der Waals surface area contributed by atoms with Crippen LogP contribution in [0.5, 0.6) is 0 Å². The van der Waals surface area contributed by atoms with Gasteiger partial charge in [-0.3, -0.25) is 9.59 Å². The lowest BCUT2D eigenvalue weighted by atomic mass is 9.79. The molecule has 28 heavy (non-hydrogen) atoms. The van der Waals surface area contributed by atoms with Crippen LogP contribution in [-0.2, 0) is 4.74 Å². The number of furan rings is 1. The Morgan fingerprint density at radius 2 is 1.89 bits per heavy atom. The zero-order valence-corrected chi connectivity index (χ0v) is 15.9. The SMILES string of the molecule is O=C(NCC1CCOC2(CCN(C(=O)c3ccco3)CC2)C1)c1ccccc1. The Morgan fingerprint density at radius 1 is 1.11 bits per heavy atom. The van der Waals surface area contributed by atoms with Gasteiger partial charge in [-0.25, -0.2) is 0 Å². The maximum Gasteiger partial charge on any atom is 0.289 e. The van der Waals surface area contributed by atoms with Crippen molar-refractivity contribution in [1.29, 1.82) is 0 Å². The average Bonchev–Trinajstić information content (AvgIpc) is 3.28. The van der Waals surface area contributed by atoms with E-state index in [0.717, 1.165) is 25.7 Å². The molecule has 1 aromatic heterocycles. The van der Waals surface area contributed by atoms with Crippen molar-refractivity contribution in [3.8, 4) is 0 Å². The van der Waals surface area contributed by atoms with E-state index in [1.54, 1.807) is 12.1 Å². The van der Waals surface area contributed by atoms with Crippen LogP contribution >= 0.6 is 0 Å². The highest BCUT2D eigenvalue weighted by Crippen LogP contribution is 2.37. The molecule has 1 spiro atoms. The molecular formula is C22H26N2O4. The Morgan fingerprint density at radius 3 is 2.61 bits per heavy atom. The zero-order valence-electron chi connectivity index (χ0n) is 15.9. The first-order valence-electron chi connectivity index (χ1n) is 9.95. The summed E-state index contributed by atoms with van der Waals surface area (Å²) < 4.78 is 11.4. The number of ether oxygens (including phenoxy) is 1. The summed E-state index contributed by atoms with van der Waals surface area (Å²) in [7, 11) is 0. The van der Waals surface area contributed by atoms with Gasteiger partial charge >= 0.3 is 0 Å². The number of nitrogens with zero attached hydrogens (tertiary/aromatic N) is 1. The standard InChI is InChI=1S/C22H26N2O4/c25-20(18-5-2-1-3-6-18)23-16-17-8-14-28-22(15-17)9-11-24(12-10-22)21(26)19-7-4-13-27-19/h1-7,13,17H,8-12,14-16H2,(H,23,25). The molecule has 1 aromatic carbocycles. The summed E-state index contributed by atoms with van der Waals surface area (Å²) in [4.78, 5) is 26.6. The molecule has 4 rings (SSSR count). The third-order valence-electron chi connectivity index (χ3n) is 5.88. The van der Waals surface area contributed by atoms with Gasteiger partial charge in [-0.05, 0) is 55.9 Å². The molecule has 148 valence electrons. The molecule has 6 heteroatoms. The lowest BCUT2D eigenvalue weighted by Gasteiger charge is -2.46. The van der Waals surface area contributed by atoms with Crippen LogP contribution in [0, 0.1) is 5.92 Å². The second-order valence-electron chi connectivity index (χ2n) is 7.74. The Labute approximate surface area is 164 Å². The number of hydrogen-bond donors (Lipinski definition) is 1. The highest BCUT2D eigenvalue weighted by atomic mass is 16.5. The molecule has 2 fully saturated rings. The highest BCUT2D eigenvalue weighted by Gasteiger charge is 2.41. The zero-order chi connectivity index (χ0) is 19.4. The Bertz CT molecular complexity index is 795. The molecule has 3 heterocycles. The molecule has 1 atom stereocenters. The number of benzene rings is 1. The van der Waals surface area contributed by atoms with Crippen LogP contribution < -0.4 is 5.32 Å². The van der Waals surface area contributed by atoms with Crippen LogP contribution in [-0.4, -0.2) is 48.6 Å². The largest absolute Gasteiger partial charge is 0.459 e. The summed E-state index contributed by atoms with van der Waals surface area (Å²) >= 11 is 0. The van der Waals surface area contributed by atoms with Crippen LogP contribution in [0.3, 0.4) is 0 Å². The fourth-order valence-electron chi connectivity index (χ4n) is 4.25. The number of piperidine rings is 1. The van der Waals surface area contributed by atoms with E-state index in [2.05, 4.69) is 5.32 Å². The molecule has 2 aliphatic rings. The van der Waals surface area contributed by atoms with Crippen LogP contribution in [0.15, 0.2) is 53.1 Å². The monoisotopic (exact) mass is 382 g/mol. The van der Waals surface area contributed by atoms with E-state index in [0.29, 0.717) is 43.5 Å². The molecule has 0 radical (unpaired) electrons. The van der Waals surface area contributed by atoms with Crippen molar-refractivity contribution in [2.75, 3.05) is 26.2 Å². The van der Waals surface area contributed by atoms with Gasteiger partial charge in [0.05, 0.1) is 11.9 Å². The van der Waals surface area contributed by atoms with Crippen LogP contribution in [0.1, 0.15) is 46.6 Å². The van der Waals surface area contributed by atoms with Gasteiger partial charge in [0.1, 0.15) is 0 Å². The van der Waals surface area contributed by atoms with Gasteiger partial charge < -0.3 is 19.4 Å². The topological polar surface area (TPSA) is 71.8 Å². The van der Waals surface area contributed by atoms with E-state index in [9.17, 15) is 9.59 Å². The molecule has 0 bridgehead atoms. The summed E-state index contributed by atoms with van der Waals surface area (Å²) in [5, 5.41) is 3.06. The summed E-state index contributed by atoms with van der Waals surface area (Å²) in [5.41, 5.74) is 0.509. The summed E-state index contributed by atoms with van der Waals surface area (Å²) in [5.74, 6) is 0.707. The van der Waals surface area contributed by atoms with Crippen molar-refractivity contribution in [3.05, 3.63) is 60.1 Å². The maximum absolute atomic E-state index is 12.5. The van der Waals surface area contributed by atoms with Crippen molar-refractivity contribution in [2.45, 2.75) is 31.3 Å². The summed E-state index contributed by atoms with van der Waals surface area (Å²) in [6.07, 6.45) is 5.04. The van der Waals surface area contributed by atoms with Crippen LogP contribution in [0.4, 0.5) is 0 Å². The number of nitrogens with one attached hydrogen (secondary N) is 1. The third kappa shape index (κ3) is 4.12. The molecule has 2 aromatic rings. The van der Waals surface area contributed by atoms with E-state index in [1.165, 1.54) is 6.26 Å². The lowest BCUT2D eigenvalue weighted by molar-refractivity contribution is -0.123. The van der Waals surface area contributed by atoms with E-state index in [4.69, 9.17) is 9.15 Å². The van der Waals surface area contributed by atoms with Crippen molar-refractivity contribution >= 4 is 11.8 Å². The smallest absolute Gasteiger partial charge is 0.289 e. The summed E-state index contributed by atoms with van der Waals surface area (Å²) in [6, 6.07) is 12.7. The molecule has 2 aliphatic heterocycles. The Kier molecular flexibility index (Phi) is 5.48. The normalized spacial score (nSPS) is 21.4. The molecule has 6 nitrogen and oxygen atoms in total. The minimum atomic E-state index is -0.180. The fourth-order valence-corrected chi connectivity index (χ4v) is 4.25. The van der Waals surface area contributed by atoms with Crippen LogP contribution in [0.2, 0.25) is 0 Å². The number of carbonyl (C=O) groups excluding carboxylic acids is 2. The predicted octanol–water partition coefficient (Wildman–Crippen LogP) is 3.11. The Balaban J connectivity index is 1.29. The van der Waals surface area contributed by atoms with Crippen molar-refractivity contribution < 1.29 is 18.7 Å². The van der Waals surface area contributed by atoms with Crippen molar-refractivity contribution in [1.82, 2.24) is 10.2 Å². The van der Waals surface area contributed by atoms with E-state index < -0.39 is 0 Å². The number of likely N-dealkylation sites (tertiary alicyclic amines) is 1. The number of amides is 2. The average molecular weight is 382 g/mol. The first-order valence-corrected chi connectivity index (χ1v) is 9.95. The lowest BCUT2D eigenvalue weighted by Crippen LogP contribution is -2.51. The minimum Gasteiger partial charge on any atom is -0.459 e. The van der Waals surface area contributed by atoms with Gasteiger partial charge in [-0.1, -0.05) is 18.2 Å². The maximum atomic E-state index is 12.5. The predicted molar refractivity (Wildman–Crippen MR) is 104 cm³/mol. The molecule has 1 N–H and O–H groups in total. The number of carbonyl (C=O) groups is 2. The third-order valence-corrected chi connectivity index (χ3v) is 5.88. The summed E-state index contributed by atoms with van der Waals surface area (Å²) in [6.45, 7) is 2.71. The molecule has 2 saturated heterocycles. The second-order valence-corrected chi connectivity index (χ2v) is 7.74. The minimum absolute atomic E-state index is 0.0278. The molecule has 1 unspecified atom stereocenters. The van der Waals surface area contributed by atoms with Gasteiger partial charge in [-0.2, -0.15) is 0 Å². The molecule has 0 saturated carbocycles. The van der Waals surface area contributed by atoms with Gasteiger partial charge in [-0.15, -0.1) is 0 Å². The fraction of sp³-hybridized carbons (Fsp3) is 0.455. The molecule has 2 amide bonds. The van der Waals surface area contributed by atoms with Gasteiger partial charge in [0.2, 0.25) is 0 Å². The first-order chi connectivity index (χ1) is 13.7. The number of rotatable bonds is 4. The van der Waals surface area contributed by atoms with Crippen molar-refractivity contribution in [2.24, 2.45) is 5.92 Å². The highest BCUT2D eigenvalue weighted by molar-refractivity contribution is 5.94. The van der Waals surface area contributed by atoms with Gasteiger partial charge in [0.15, 0.2) is 5.76 Å².